The quantitative estimate of drug-likeness (QED) is 0.652. The fourth-order valence-electron chi connectivity index (χ4n) is 1.75. The molecule has 2 heterocycles. The van der Waals surface area contributed by atoms with Crippen LogP contribution in [-0.2, 0) is 0 Å². The molecule has 1 aromatic heterocycles. The zero-order valence-electron chi connectivity index (χ0n) is 8.14. The maximum atomic E-state index is 4.24. The Bertz CT molecular complexity index is 263. The summed E-state index contributed by atoms with van der Waals surface area (Å²) in [4.78, 5) is 10.7. The standard InChI is InChI=1S/C10H15N3/c1-8-6-13(7-9(8)2)10-11-4-3-5-12-10/h3-5,8-9H,6-7H2,1-2H3. The van der Waals surface area contributed by atoms with E-state index in [9.17, 15) is 0 Å². The lowest BCUT2D eigenvalue weighted by Crippen LogP contribution is -2.21. The van der Waals surface area contributed by atoms with Gasteiger partial charge in [-0.05, 0) is 17.9 Å². The van der Waals surface area contributed by atoms with Crippen LogP contribution in [0.25, 0.3) is 0 Å². The van der Waals surface area contributed by atoms with Crippen LogP contribution in [0.4, 0.5) is 5.95 Å². The summed E-state index contributed by atoms with van der Waals surface area (Å²) in [7, 11) is 0. The molecule has 1 aliphatic heterocycles. The molecule has 0 aliphatic carbocycles. The number of hydrogen-bond donors (Lipinski definition) is 0. The Morgan fingerprint density at radius 1 is 1.15 bits per heavy atom. The summed E-state index contributed by atoms with van der Waals surface area (Å²) in [5, 5.41) is 0. The van der Waals surface area contributed by atoms with Crippen molar-refractivity contribution in [3.63, 3.8) is 0 Å². The normalized spacial score (nSPS) is 28.0. The van der Waals surface area contributed by atoms with Crippen molar-refractivity contribution in [3.05, 3.63) is 18.5 Å². The topological polar surface area (TPSA) is 29.0 Å². The summed E-state index contributed by atoms with van der Waals surface area (Å²) in [6, 6.07) is 1.85. The van der Waals surface area contributed by atoms with E-state index in [1.807, 2.05) is 6.07 Å². The molecule has 0 N–H and O–H groups in total. The highest BCUT2D eigenvalue weighted by molar-refractivity contribution is 5.30. The molecule has 1 aromatic rings. The third-order valence-corrected chi connectivity index (χ3v) is 2.82. The molecule has 70 valence electrons. The van der Waals surface area contributed by atoms with E-state index in [1.54, 1.807) is 12.4 Å². The second kappa shape index (κ2) is 3.32. The Labute approximate surface area is 78.8 Å². The predicted octanol–water partition coefficient (Wildman–Crippen LogP) is 1.57. The lowest BCUT2D eigenvalue weighted by Gasteiger charge is -2.14. The monoisotopic (exact) mass is 177 g/mol. The van der Waals surface area contributed by atoms with E-state index in [2.05, 4.69) is 28.7 Å². The molecular formula is C10H15N3. The molecule has 2 unspecified atom stereocenters. The first kappa shape index (κ1) is 8.48. The van der Waals surface area contributed by atoms with Crippen LogP contribution >= 0.6 is 0 Å². The van der Waals surface area contributed by atoms with E-state index >= 15 is 0 Å². The van der Waals surface area contributed by atoms with Crippen LogP contribution in [0.2, 0.25) is 0 Å². The van der Waals surface area contributed by atoms with Gasteiger partial charge < -0.3 is 4.90 Å². The van der Waals surface area contributed by atoms with Crippen molar-refractivity contribution in [2.45, 2.75) is 13.8 Å². The van der Waals surface area contributed by atoms with Gasteiger partial charge in [0.05, 0.1) is 0 Å². The number of hydrogen-bond acceptors (Lipinski definition) is 3. The van der Waals surface area contributed by atoms with Gasteiger partial charge in [0.25, 0.3) is 0 Å². The fourth-order valence-corrected chi connectivity index (χ4v) is 1.75. The second-order valence-electron chi connectivity index (χ2n) is 3.91. The van der Waals surface area contributed by atoms with E-state index in [0.29, 0.717) is 0 Å². The maximum Gasteiger partial charge on any atom is 0.225 e. The molecule has 2 rings (SSSR count). The minimum Gasteiger partial charge on any atom is -0.340 e. The van der Waals surface area contributed by atoms with Gasteiger partial charge in [0.15, 0.2) is 0 Å². The summed E-state index contributed by atoms with van der Waals surface area (Å²) in [6.07, 6.45) is 3.60. The molecule has 2 atom stereocenters. The average molecular weight is 177 g/mol. The zero-order valence-corrected chi connectivity index (χ0v) is 8.14. The summed E-state index contributed by atoms with van der Waals surface area (Å²) < 4.78 is 0. The fraction of sp³-hybridized carbons (Fsp3) is 0.600. The largest absolute Gasteiger partial charge is 0.340 e. The predicted molar refractivity (Wildman–Crippen MR) is 52.6 cm³/mol. The van der Waals surface area contributed by atoms with Crippen molar-refractivity contribution in [2.75, 3.05) is 18.0 Å². The Balaban J connectivity index is 2.12. The second-order valence-corrected chi connectivity index (χ2v) is 3.91. The molecular weight excluding hydrogens is 162 g/mol. The highest BCUT2D eigenvalue weighted by Crippen LogP contribution is 2.24. The van der Waals surface area contributed by atoms with Crippen LogP contribution in [0, 0.1) is 11.8 Å². The summed E-state index contributed by atoms with van der Waals surface area (Å²) in [6.45, 7) is 6.75. The van der Waals surface area contributed by atoms with Gasteiger partial charge in [0, 0.05) is 25.5 Å². The summed E-state index contributed by atoms with van der Waals surface area (Å²) in [5.41, 5.74) is 0. The highest BCUT2D eigenvalue weighted by Gasteiger charge is 2.27. The highest BCUT2D eigenvalue weighted by atomic mass is 15.3. The Hall–Kier alpha value is -1.12. The maximum absolute atomic E-state index is 4.24. The first-order valence-corrected chi connectivity index (χ1v) is 4.79. The van der Waals surface area contributed by atoms with Gasteiger partial charge in [-0.15, -0.1) is 0 Å². The van der Waals surface area contributed by atoms with Crippen LogP contribution in [0.1, 0.15) is 13.8 Å². The van der Waals surface area contributed by atoms with Crippen molar-refractivity contribution >= 4 is 5.95 Å². The molecule has 1 saturated heterocycles. The SMILES string of the molecule is CC1CN(c2ncccn2)CC1C. The van der Waals surface area contributed by atoms with Crippen molar-refractivity contribution in [1.29, 1.82) is 0 Å². The lowest BCUT2D eigenvalue weighted by atomic mass is 10.0. The number of nitrogens with zero attached hydrogens (tertiary/aromatic N) is 3. The Morgan fingerprint density at radius 3 is 2.23 bits per heavy atom. The van der Waals surface area contributed by atoms with Gasteiger partial charge in [-0.25, -0.2) is 9.97 Å². The van der Waals surface area contributed by atoms with E-state index in [1.165, 1.54) is 0 Å². The van der Waals surface area contributed by atoms with Gasteiger partial charge in [0.2, 0.25) is 5.95 Å². The summed E-state index contributed by atoms with van der Waals surface area (Å²) in [5.74, 6) is 2.38. The minimum atomic E-state index is 0.754. The van der Waals surface area contributed by atoms with Crippen LogP contribution in [0.5, 0.6) is 0 Å². The van der Waals surface area contributed by atoms with E-state index in [0.717, 1.165) is 30.9 Å². The molecule has 1 aliphatic rings. The average Bonchev–Trinajstić information content (AvgIpc) is 2.49. The van der Waals surface area contributed by atoms with Crippen LogP contribution in [-0.4, -0.2) is 23.1 Å². The van der Waals surface area contributed by atoms with Crippen LogP contribution in [0.3, 0.4) is 0 Å². The number of rotatable bonds is 1. The molecule has 0 amide bonds. The first-order valence-electron chi connectivity index (χ1n) is 4.79. The molecule has 0 saturated carbocycles. The minimum absolute atomic E-state index is 0.754. The Morgan fingerprint density at radius 2 is 1.69 bits per heavy atom. The molecule has 0 radical (unpaired) electrons. The molecule has 0 bridgehead atoms. The first-order chi connectivity index (χ1) is 6.27. The van der Waals surface area contributed by atoms with Crippen molar-refractivity contribution in [3.8, 4) is 0 Å². The van der Waals surface area contributed by atoms with Crippen molar-refractivity contribution in [1.82, 2.24) is 9.97 Å². The molecule has 0 spiro atoms. The van der Waals surface area contributed by atoms with E-state index in [4.69, 9.17) is 0 Å². The summed E-state index contributed by atoms with van der Waals surface area (Å²) >= 11 is 0. The zero-order chi connectivity index (χ0) is 9.26. The lowest BCUT2D eigenvalue weighted by molar-refractivity contribution is 0.494. The van der Waals surface area contributed by atoms with Gasteiger partial charge in [-0.3, -0.25) is 0 Å². The molecule has 3 nitrogen and oxygen atoms in total. The van der Waals surface area contributed by atoms with E-state index in [-0.39, 0.29) is 0 Å². The third-order valence-electron chi connectivity index (χ3n) is 2.82. The molecule has 3 heteroatoms. The number of aromatic nitrogens is 2. The van der Waals surface area contributed by atoms with E-state index < -0.39 is 0 Å². The molecule has 13 heavy (non-hydrogen) atoms. The molecule has 0 aromatic carbocycles. The van der Waals surface area contributed by atoms with Crippen molar-refractivity contribution < 1.29 is 0 Å². The van der Waals surface area contributed by atoms with Crippen molar-refractivity contribution in [2.24, 2.45) is 11.8 Å². The Kier molecular flexibility index (Phi) is 2.17. The van der Waals surface area contributed by atoms with Gasteiger partial charge >= 0.3 is 0 Å². The molecule has 1 fully saturated rings. The van der Waals surface area contributed by atoms with Crippen LogP contribution < -0.4 is 4.90 Å². The third kappa shape index (κ3) is 1.64. The number of anilines is 1. The van der Waals surface area contributed by atoms with Gasteiger partial charge in [-0.2, -0.15) is 0 Å². The smallest absolute Gasteiger partial charge is 0.225 e. The van der Waals surface area contributed by atoms with Gasteiger partial charge in [0.1, 0.15) is 0 Å². The van der Waals surface area contributed by atoms with Gasteiger partial charge in [-0.1, -0.05) is 13.8 Å². The van der Waals surface area contributed by atoms with Crippen LogP contribution in [0.15, 0.2) is 18.5 Å².